The van der Waals surface area contributed by atoms with Crippen LogP contribution in [0.15, 0.2) is 36.4 Å². The van der Waals surface area contributed by atoms with Crippen LogP contribution in [0.4, 0.5) is 4.39 Å². The van der Waals surface area contributed by atoms with Crippen molar-refractivity contribution in [3.63, 3.8) is 0 Å². The number of ether oxygens (including phenoxy) is 1. The molecule has 0 saturated carbocycles. The third-order valence-electron chi connectivity index (χ3n) is 3.02. The Kier molecular flexibility index (Phi) is 4.79. The zero-order valence-corrected chi connectivity index (χ0v) is 12.2. The summed E-state index contributed by atoms with van der Waals surface area (Å²) in [6.07, 6.45) is 0. The highest BCUT2D eigenvalue weighted by molar-refractivity contribution is 6.30. The van der Waals surface area contributed by atoms with Crippen LogP contribution in [-0.2, 0) is 6.61 Å². The lowest BCUT2D eigenvalue weighted by atomic mass is 10.1. The minimum absolute atomic E-state index is 0.0166. The number of nitriles is 1. The van der Waals surface area contributed by atoms with Crippen LogP contribution in [0.1, 0.15) is 29.7 Å². The number of hydrogen-bond donors (Lipinski definition) is 1. The average Bonchev–Trinajstić information content (AvgIpc) is 2.47. The van der Waals surface area contributed by atoms with Gasteiger partial charge in [-0.3, -0.25) is 0 Å². The van der Waals surface area contributed by atoms with Gasteiger partial charge in [-0.1, -0.05) is 11.6 Å². The second-order valence-electron chi connectivity index (χ2n) is 4.68. The van der Waals surface area contributed by atoms with Gasteiger partial charge in [0, 0.05) is 22.2 Å². The Hall–Kier alpha value is -2.09. The van der Waals surface area contributed by atoms with E-state index < -0.39 is 5.82 Å². The predicted molar refractivity (Wildman–Crippen MR) is 79.5 cm³/mol. The van der Waals surface area contributed by atoms with E-state index in [1.165, 1.54) is 18.2 Å². The maximum Gasteiger partial charge on any atom is 0.129 e. The van der Waals surface area contributed by atoms with Crippen molar-refractivity contribution in [1.29, 1.82) is 5.26 Å². The Morgan fingerprint density at radius 2 is 2.10 bits per heavy atom. The van der Waals surface area contributed by atoms with Gasteiger partial charge in [0.1, 0.15) is 18.2 Å². The highest BCUT2D eigenvalue weighted by atomic mass is 35.5. The van der Waals surface area contributed by atoms with Crippen molar-refractivity contribution in [2.75, 3.05) is 0 Å². The fourth-order valence-electron chi connectivity index (χ4n) is 1.92. The van der Waals surface area contributed by atoms with E-state index in [4.69, 9.17) is 27.3 Å². The van der Waals surface area contributed by atoms with Gasteiger partial charge in [-0.05, 0) is 43.3 Å². The van der Waals surface area contributed by atoms with E-state index in [0.717, 1.165) is 5.56 Å². The fourth-order valence-corrected chi connectivity index (χ4v) is 2.10. The van der Waals surface area contributed by atoms with Gasteiger partial charge in [-0.2, -0.15) is 5.26 Å². The van der Waals surface area contributed by atoms with Crippen molar-refractivity contribution >= 4 is 11.6 Å². The Balaban J connectivity index is 2.23. The van der Waals surface area contributed by atoms with E-state index in [-0.39, 0.29) is 12.6 Å². The second kappa shape index (κ2) is 6.57. The number of halogens is 2. The van der Waals surface area contributed by atoms with Crippen LogP contribution in [0.25, 0.3) is 0 Å². The van der Waals surface area contributed by atoms with Gasteiger partial charge in [0.25, 0.3) is 0 Å². The Labute approximate surface area is 127 Å². The molecule has 2 rings (SSSR count). The first kappa shape index (κ1) is 15.3. The molecular formula is C16H14ClFN2O. The second-order valence-corrected chi connectivity index (χ2v) is 5.11. The molecule has 0 heterocycles. The van der Waals surface area contributed by atoms with Crippen molar-refractivity contribution in [3.8, 4) is 11.8 Å². The van der Waals surface area contributed by atoms with E-state index in [1.807, 2.05) is 13.0 Å². The Morgan fingerprint density at radius 3 is 2.76 bits per heavy atom. The smallest absolute Gasteiger partial charge is 0.129 e. The normalized spacial score (nSPS) is 11.8. The third-order valence-corrected chi connectivity index (χ3v) is 3.26. The molecule has 0 amide bonds. The summed E-state index contributed by atoms with van der Waals surface area (Å²) in [6, 6.07) is 11.0. The molecule has 3 nitrogen and oxygen atoms in total. The SMILES string of the molecule is C[C@H](N)c1cc(Cl)ccc1OCc1cc(C#N)ccc1F. The minimum atomic E-state index is -0.412. The number of nitrogens with zero attached hydrogens (tertiary/aromatic N) is 1. The van der Waals surface area contributed by atoms with Crippen LogP contribution < -0.4 is 10.5 Å². The minimum Gasteiger partial charge on any atom is -0.488 e. The molecule has 2 N–H and O–H groups in total. The fraction of sp³-hybridized carbons (Fsp3) is 0.188. The van der Waals surface area contributed by atoms with Crippen molar-refractivity contribution in [2.24, 2.45) is 5.73 Å². The molecule has 21 heavy (non-hydrogen) atoms. The van der Waals surface area contributed by atoms with Gasteiger partial charge >= 0.3 is 0 Å². The van der Waals surface area contributed by atoms with Gasteiger partial charge in [0.15, 0.2) is 0 Å². The molecule has 0 bridgehead atoms. The summed E-state index contributed by atoms with van der Waals surface area (Å²) >= 11 is 5.94. The molecule has 2 aromatic rings. The molecule has 1 atom stereocenters. The lowest BCUT2D eigenvalue weighted by molar-refractivity contribution is 0.295. The quantitative estimate of drug-likeness (QED) is 0.930. The van der Waals surface area contributed by atoms with Crippen LogP contribution in [0, 0.1) is 17.1 Å². The van der Waals surface area contributed by atoms with Crippen LogP contribution in [0.3, 0.4) is 0 Å². The summed E-state index contributed by atoms with van der Waals surface area (Å²) in [6.45, 7) is 1.83. The molecule has 0 aliphatic carbocycles. The molecule has 0 aliphatic heterocycles. The van der Waals surface area contributed by atoms with Gasteiger partial charge in [-0.15, -0.1) is 0 Å². The van der Waals surface area contributed by atoms with Crippen molar-refractivity contribution in [2.45, 2.75) is 19.6 Å². The number of nitrogens with two attached hydrogens (primary N) is 1. The zero-order valence-electron chi connectivity index (χ0n) is 11.4. The highest BCUT2D eigenvalue weighted by Gasteiger charge is 2.11. The van der Waals surface area contributed by atoms with Gasteiger partial charge in [-0.25, -0.2) is 4.39 Å². The first-order chi connectivity index (χ1) is 10.0. The largest absolute Gasteiger partial charge is 0.488 e. The summed E-state index contributed by atoms with van der Waals surface area (Å²) < 4.78 is 19.3. The predicted octanol–water partition coefficient (Wildman–Crippen LogP) is 3.95. The van der Waals surface area contributed by atoms with E-state index in [0.29, 0.717) is 21.9 Å². The monoisotopic (exact) mass is 304 g/mol. The summed E-state index contributed by atoms with van der Waals surface area (Å²) in [7, 11) is 0. The molecule has 0 spiro atoms. The number of hydrogen-bond acceptors (Lipinski definition) is 3. The maximum atomic E-state index is 13.7. The standard InChI is InChI=1S/C16H14ClFN2O/c1-10(20)14-7-13(17)3-5-16(14)21-9-12-6-11(8-19)2-4-15(12)18/h2-7,10H,9,20H2,1H3/t10-/m0/s1. The maximum absolute atomic E-state index is 13.7. The molecule has 5 heteroatoms. The average molecular weight is 305 g/mol. The lowest BCUT2D eigenvalue weighted by Gasteiger charge is -2.14. The summed E-state index contributed by atoms with van der Waals surface area (Å²) in [5, 5.41) is 9.40. The van der Waals surface area contributed by atoms with Gasteiger partial charge < -0.3 is 10.5 Å². The Morgan fingerprint density at radius 1 is 1.33 bits per heavy atom. The highest BCUT2D eigenvalue weighted by Crippen LogP contribution is 2.28. The van der Waals surface area contributed by atoms with E-state index in [2.05, 4.69) is 0 Å². The summed E-state index contributed by atoms with van der Waals surface area (Å²) in [5.74, 6) is 0.140. The van der Waals surface area contributed by atoms with Gasteiger partial charge in [0.05, 0.1) is 11.6 Å². The zero-order chi connectivity index (χ0) is 15.4. The molecule has 0 fully saturated rings. The molecule has 0 saturated heterocycles. The molecule has 0 aliphatic rings. The molecule has 0 unspecified atom stereocenters. The topological polar surface area (TPSA) is 59.0 Å². The van der Waals surface area contributed by atoms with Gasteiger partial charge in [0.2, 0.25) is 0 Å². The number of rotatable bonds is 4. The van der Waals surface area contributed by atoms with E-state index in [9.17, 15) is 4.39 Å². The van der Waals surface area contributed by atoms with E-state index in [1.54, 1.807) is 18.2 Å². The number of benzene rings is 2. The van der Waals surface area contributed by atoms with Crippen LogP contribution in [-0.4, -0.2) is 0 Å². The van der Waals surface area contributed by atoms with Crippen LogP contribution in [0.5, 0.6) is 5.75 Å². The summed E-state index contributed by atoms with van der Waals surface area (Å²) in [4.78, 5) is 0. The molecule has 108 valence electrons. The van der Waals surface area contributed by atoms with Crippen LogP contribution >= 0.6 is 11.6 Å². The van der Waals surface area contributed by atoms with E-state index >= 15 is 0 Å². The molecular weight excluding hydrogens is 291 g/mol. The van der Waals surface area contributed by atoms with Crippen molar-refractivity contribution in [1.82, 2.24) is 0 Å². The molecule has 0 radical (unpaired) electrons. The van der Waals surface area contributed by atoms with Crippen molar-refractivity contribution < 1.29 is 9.13 Å². The molecule has 0 aromatic heterocycles. The third kappa shape index (κ3) is 3.72. The van der Waals surface area contributed by atoms with Crippen molar-refractivity contribution in [3.05, 3.63) is 63.9 Å². The first-order valence-corrected chi connectivity index (χ1v) is 6.75. The molecule has 2 aromatic carbocycles. The summed E-state index contributed by atoms with van der Waals surface area (Å²) in [5.41, 5.74) is 7.33. The van der Waals surface area contributed by atoms with Crippen LogP contribution in [0.2, 0.25) is 5.02 Å². The Bertz CT molecular complexity index is 695. The first-order valence-electron chi connectivity index (χ1n) is 6.37. The lowest BCUT2D eigenvalue weighted by Crippen LogP contribution is -2.08.